The third-order valence-corrected chi connectivity index (χ3v) is 3.66. The van der Waals surface area contributed by atoms with E-state index in [0.29, 0.717) is 0 Å². The molecule has 129 valence electrons. The summed E-state index contributed by atoms with van der Waals surface area (Å²) in [6.45, 7) is 6.47. The van der Waals surface area contributed by atoms with Crippen LogP contribution in [0.2, 0.25) is 0 Å². The number of para-hydroxylation sites is 1. The zero-order valence-corrected chi connectivity index (χ0v) is 17.4. The fourth-order valence-corrected chi connectivity index (χ4v) is 2.52. The van der Waals surface area contributed by atoms with Gasteiger partial charge in [-0.2, -0.15) is 0 Å². The fourth-order valence-electron chi connectivity index (χ4n) is 2.17. The van der Waals surface area contributed by atoms with Gasteiger partial charge >= 0.3 is 144 Å². The van der Waals surface area contributed by atoms with Gasteiger partial charge in [-0.3, -0.25) is 0 Å². The topological polar surface area (TPSA) is 30.8 Å². The number of hydrogen-bond acceptors (Lipinski definition) is 3. The zero-order valence-electron chi connectivity index (χ0n) is 14.2. The minimum Gasteiger partial charge on any atom is -0.147 e. The molecule has 0 bridgehead atoms. The molecule has 2 aromatic rings. The Balaban J connectivity index is 0.00000264. The van der Waals surface area contributed by atoms with E-state index in [2.05, 4.69) is 25.8 Å². The molecule has 24 heavy (non-hydrogen) atoms. The Morgan fingerprint density at radius 2 is 1.67 bits per heavy atom. The number of aliphatic imine (C=N–C) groups is 1. The molecular weight excluding hydrogens is 381 g/mol. The van der Waals surface area contributed by atoms with Gasteiger partial charge < -0.3 is 0 Å². The van der Waals surface area contributed by atoms with Gasteiger partial charge in [-0.25, -0.2) is 0 Å². The van der Waals surface area contributed by atoms with Crippen LogP contribution in [0.3, 0.4) is 0 Å². The molecule has 0 heterocycles. The molecule has 0 aliphatic heterocycles. The molecule has 0 spiro atoms. The number of methoxy groups -OCH3 is 1. The molecule has 0 aliphatic rings. The van der Waals surface area contributed by atoms with Gasteiger partial charge in [-0.05, 0) is 0 Å². The molecule has 3 nitrogen and oxygen atoms in total. The van der Waals surface area contributed by atoms with E-state index in [9.17, 15) is 0 Å². The Labute approximate surface area is 168 Å². The number of hydrogen-bond donors (Lipinski definition) is 0. The predicted molar refractivity (Wildman–Crippen MR) is 101 cm³/mol. The Kier molecular flexibility index (Phi) is 9.68. The Bertz CT molecular complexity index is 671. The number of halogens is 2. The van der Waals surface area contributed by atoms with Crippen molar-refractivity contribution in [2.45, 2.75) is 26.2 Å². The van der Waals surface area contributed by atoms with Crippen LogP contribution >= 0.6 is 24.8 Å². The number of ether oxygens (including phenoxy) is 1. The molecule has 2 rings (SSSR count). The summed E-state index contributed by atoms with van der Waals surface area (Å²) in [6, 6.07) is 13.8. The molecule has 0 N–H and O–H groups in total. The first-order chi connectivity index (χ1) is 10.5. The van der Waals surface area contributed by atoms with E-state index in [0.717, 1.165) is 28.3 Å². The molecule has 0 aromatic heterocycles. The quantitative estimate of drug-likeness (QED) is 0.504. The van der Waals surface area contributed by atoms with Gasteiger partial charge in [-0.15, -0.1) is 24.8 Å². The Hall–Kier alpha value is -0.996. The first-order valence-corrected chi connectivity index (χ1v) is 7.74. The molecule has 0 fully saturated rings. The van der Waals surface area contributed by atoms with Gasteiger partial charge in [0.2, 0.25) is 0 Å². The van der Waals surface area contributed by atoms with Gasteiger partial charge in [0.15, 0.2) is 0 Å². The van der Waals surface area contributed by atoms with E-state index in [1.54, 1.807) is 27.9 Å². The van der Waals surface area contributed by atoms with Crippen LogP contribution in [0.25, 0.3) is 0 Å². The normalized spacial score (nSPS) is 10.6. The zero-order chi connectivity index (χ0) is 16.2. The average molecular weight is 403 g/mol. The third kappa shape index (κ3) is 5.82. The van der Waals surface area contributed by atoms with Crippen molar-refractivity contribution in [3.05, 3.63) is 53.6 Å². The van der Waals surface area contributed by atoms with E-state index in [4.69, 9.17) is 8.06 Å². The Morgan fingerprint density at radius 1 is 1.04 bits per heavy atom. The second-order valence-electron chi connectivity index (χ2n) is 6.04. The van der Waals surface area contributed by atoms with Gasteiger partial charge in [0.25, 0.3) is 0 Å². The summed E-state index contributed by atoms with van der Waals surface area (Å²) in [4.78, 5) is 4.52. The second-order valence-corrected chi connectivity index (χ2v) is 6.36. The summed E-state index contributed by atoms with van der Waals surface area (Å²) in [6.07, 6.45) is 1.83. The van der Waals surface area contributed by atoms with Crippen molar-refractivity contribution in [1.29, 1.82) is 0 Å². The first-order valence-electron chi connectivity index (χ1n) is 7.11. The standard InChI is InChI=1S/C18H21NO2.2ClH.Ti/c1-18(2,3)16-11-15(21-4)10-13(17(16)20)12-19-14-8-6-5-7-9-14;;;/h5-12,20H,1-4H3;2*1H;/q;;;+1/p-1. The van der Waals surface area contributed by atoms with E-state index < -0.39 is 0 Å². The molecule has 2 aromatic carbocycles. The molecule has 0 unspecified atom stereocenters. The van der Waals surface area contributed by atoms with Crippen LogP contribution < -0.4 is 8.06 Å². The minimum absolute atomic E-state index is 0. The molecule has 0 aliphatic carbocycles. The monoisotopic (exact) mass is 402 g/mol. The fraction of sp³-hybridized carbons (Fsp3) is 0.278. The van der Waals surface area contributed by atoms with Crippen LogP contribution in [0.1, 0.15) is 31.9 Å². The van der Waals surface area contributed by atoms with Crippen LogP contribution in [0.15, 0.2) is 47.5 Å². The van der Waals surface area contributed by atoms with Crippen LogP contribution in [-0.2, 0) is 26.2 Å². The summed E-state index contributed by atoms with van der Waals surface area (Å²) in [5, 5.41) is 0. The van der Waals surface area contributed by atoms with Crippen molar-refractivity contribution in [2.75, 3.05) is 7.11 Å². The number of nitrogens with zero attached hydrogens (tertiary/aromatic N) is 1. The van der Waals surface area contributed by atoms with Gasteiger partial charge in [0.1, 0.15) is 0 Å². The summed E-state index contributed by atoms with van der Waals surface area (Å²) in [5.74, 6) is 1.65. The number of rotatable bonds is 4. The molecule has 6 heteroatoms. The average Bonchev–Trinajstić information content (AvgIpc) is 2.52. The van der Waals surface area contributed by atoms with E-state index >= 15 is 0 Å². The van der Waals surface area contributed by atoms with Crippen molar-refractivity contribution < 1.29 is 28.9 Å². The third-order valence-electron chi connectivity index (χ3n) is 3.35. The van der Waals surface area contributed by atoms with Crippen molar-refractivity contribution in [2.24, 2.45) is 4.99 Å². The summed E-state index contributed by atoms with van der Waals surface area (Å²) in [7, 11) is 1.67. The summed E-state index contributed by atoms with van der Waals surface area (Å²) >= 11 is 1.69. The van der Waals surface area contributed by atoms with Crippen molar-refractivity contribution in [3.8, 4) is 11.5 Å². The van der Waals surface area contributed by atoms with E-state index in [1.807, 2.05) is 48.7 Å². The minimum atomic E-state index is -0.0464. The predicted octanol–water partition coefficient (Wildman–Crippen LogP) is 5.43. The maximum Gasteiger partial charge on any atom is -0.147 e. The van der Waals surface area contributed by atoms with E-state index in [-0.39, 0.29) is 30.2 Å². The molecule has 0 atom stereocenters. The molecule has 0 radical (unpaired) electrons. The second kappa shape index (κ2) is 10.1. The first kappa shape index (κ1) is 23.0. The molecular formula is C18H22Cl2NO2Ti. The van der Waals surface area contributed by atoms with Crippen LogP contribution in [0.4, 0.5) is 5.69 Å². The largest absolute Gasteiger partial charge is 0.147 e. The van der Waals surface area contributed by atoms with E-state index in [1.165, 1.54) is 0 Å². The van der Waals surface area contributed by atoms with Gasteiger partial charge in [-0.1, -0.05) is 0 Å². The maximum absolute atomic E-state index is 5.64. The van der Waals surface area contributed by atoms with Gasteiger partial charge in [0, 0.05) is 0 Å². The summed E-state index contributed by atoms with van der Waals surface area (Å²) in [5.41, 5.74) is 2.87. The maximum atomic E-state index is 5.64. The molecule has 0 saturated heterocycles. The summed E-state index contributed by atoms with van der Waals surface area (Å²) < 4.78 is 11.1. The van der Waals surface area contributed by atoms with Crippen molar-refractivity contribution >= 4 is 36.7 Å². The van der Waals surface area contributed by atoms with Crippen molar-refractivity contribution in [1.82, 2.24) is 0 Å². The van der Waals surface area contributed by atoms with Crippen LogP contribution in [0.5, 0.6) is 11.5 Å². The molecule has 0 amide bonds. The van der Waals surface area contributed by atoms with Crippen molar-refractivity contribution in [3.63, 3.8) is 0 Å². The van der Waals surface area contributed by atoms with Crippen LogP contribution in [0, 0.1) is 0 Å². The van der Waals surface area contributed by atoms with Gasteiger partial charge in [0.05, 0.1) is 0 Å². The Morgan fingerprint density at radius 3 is 2.17 bits per heavy atom. The molecule has 0 saturated carbocycles. The smallest absolute Gasteiger partial charge is 0.147 e. The number of benzene rings is 2. The van der Waals surface area contributed by atoms with Crippen LogP contribution in [-0.4, -0.2) is 13.3 Å². The SMILES string of the molecule is COc1cc(C=Nc2ccccc2)c([O][Ti])c(C(C)(C)C)c1.Cl.Cl.